The number of anilines is 2. The number of hydrogen-bond donors (Lipinski definition) is 3. The monoisotopic (exact) mass is 239 g/mol. The zero-order valence-electron chi connectivity index (χ0n) is 10.4. The molecule has 1 rings (SSSR count). The number of aromatic nitrogens is 1. The fraction of sp³-hybridized carbons (Fsp3) is 0.583. The summed E-state index contributed by atoms with van der Waals surface area (Å²) in [5, 5.41) is 12.1. The second kappa shape index (κ2) is 6.96. The van der Waals surface area contributed by atoms with Crippen LogP contribution in [0.4, 0.5) is 11.5 Å². The maximum absolute atomic E-state index is 8.89. The summed E-state index contributed by atoms with van der Waals surface area (Å²) in [6, 6.07) is 3.60. The highest BCUT2D eigenvalue weighted by atomic mass is 16.5. The summed E-state index contributed by atoms with van der Waals surface area (Å²) in [5.74, 6) is 1.55. The lowest BCUT2D eigenvalue weighted by Gasteiger charge is -2.10. The summed E-state index contributed by atoms with van der Waals surface area (Å²) in [6.45, 7) is 3.10. The number of nitrogen functional groups attached to an aromatic ring is 1. The summed E-state index contributed by atoms with van der Waals surface area (Å²) < 4.78 is 5.04. The molecule has 5 heteroatoms. The van der Waals surface area contributed by atoms with Gasteiger partial charge in [0, 0.05) is 13.2 Å². The number of aliphatic hydroxyl groups is 1. The smallest absolute Gasteiger partial charge is 0.238 e. The van der Waals surface area contributed by atoms with Crippen molar-refractivity contribution in [2.24, 2.45) is 5.92 Å². The summed E-state index contributed by atoms with van der Waals surface area (Å²) in [4.78, 5) is 4.22. The van der Waals surface area contributed by atoms with Gasteiger partial charge in [-0.15, -0.1) is 0 Å². The molecule has 4 N–H and O–H groups in total. The Morgan fingerprint density at radius 2 is 2.29 bits per heavy atom. The van der Waals surface area contributed by atoms with Crippen LogP contribution in [0.1, 0.15) is 19.8 Å². The van der Waals surface area contributed by atoms with Gasteiger partial charge in [-0.25, -0.2) is 0 Å². The van der Waals surface area contributed by atoms with Gasteiger partial charge in [0.2, 0.25) is 5.88 Å². The van der Waals surface area contributed by atoms with Gasteiger partial charge in [0.05, 0.1) is 12.8 Å². The molecule has 0 fully saturated rings. The highest BCUT2D eigenvalue weighted by Gasteiger charge is 2.03. The molecule has 1 unspecified atom stereocenters. The molecule has 0 spiro atoms. The molecule has 1 aromatic rings. The third kappa shape index (κ3) is 4.48. The molecule has 0 saturated heterocycles. The van der Waals surface area contributed by atoms with Crippen molar-refractivity contribution in [3.63, 3.8) is 0 Å². The third-order valence-corrected chi connectivity index (χ3v) is 2.57. The van der Waals surface area contributed by atoms with E-state index in [1.54, 1.807) is 13.2 Å². The van der Waals surface area contributed by atoms with Crippen LogP contribution in [0.5, 0.6) is 5.88 Å². The molecular formula is C12H21N3O2. The molecule has 0 amide bonds. The van der Waals surface area contributed by atoms with E-state index in [1.807, 2.05) is 13.0 Å². The first kappa shape index (κ1) is 13.6. The normalized spacial score (nSPS) is 12.2. The van der Waals surface area contributed by atoms with Crippen LogP contribution in [0.2, 0.25) is 0 Å². The summed E-state index contributed by atoms with van der Waals surface area (Å²) >= 11 is 0. The van der Waals surface area contributed by atoms with Crippen LogP contribution in [-0.2, 0) is 0 Å². The van der Waals surface area contributed by atoms with Crippen LogP contribution >= 0.6 is 0 Å². The minimum Gasteiger partial charge on any atom is -0.479 e. The second-order valence-corrected chi connectivity index (χ2v) is 4.15. The zero-order chi connectivity index (χ0) is 12.7. The fourth-order valence-electron chi connectivity index (χ4n) is 1.47. The van der Waals surface area contributed by atoms with Crippen molar-refractivity contribution in [2.45, 2.75) is 19.8 Å². The maximum atomic E-state index is 8.89. The first-order chi connectivity index (χ1) is 8.17. The van der Waals surface area contributed by atoms with Crippen LogP contribution in [0.3, 0.4) is 0 Å². The molecule has 96 valence electrons. The Balaban J connectivity index is 2.36. The van der Waals surface area contributed by atoms with Gasteiger partial charge >= 0.3 is 0 Å². The summed E-state index contributed by atoms with van der Waals surface area (Å²) in [7, 11) is 1.55. The van der Waals surface area contributed by atoms with Crippen LogP contribution in [0, 0.1) is 5.92 Å². The summed E-state index contributed by atoms with van der Waals surface area (Å²) in [5.41, 5.74) is 6.20. The number of hydrogen-bond acceptors (Lipinski definition) is 5. The Kier molecular flexibility index (Phi) is 5.56. The van der Waals surface area contributed by atoms with Crippen molar-refractivity contribution < 1.29 is 9.84 Å². The minimum absolute atomic E-state index is 0.244. The Labute approximate surface area is 102 Å². The van der Waals surface area contributed by atoms with E-state index in [1.165, 1.54) is 0 Å². The molecule has 0 saturated carbocycles. The van der Waals surface area contributed by atoms with Crippen molar-refractivity contribution in [1.29, 1.82) is 0 Å². The van der Waals surface area contributed by atoms with Crippen LogP contribution in [0.15, 0.2) is 12.1 Å². The molecule has 1 atom stereocenters. The predicted octanol–water partition coefficient (Wildman–Crippen LogP) is 1.49. The van der Waals surface area contributed by atoms with Crippen molar-refractivity contribution >= 4 is 11.5 Å². The number of nitrogens with two attached hydrogens (primary N) is 1. The maximum Gasteiger partial charge on any atom is 0.238 e. The molecule has 0 aliphatic heterocycles. The molecule has 0 aromatic carbocycles. The number of pyridine rings is 1. The van der Waals surface area contributed by atoms with E-state index in [0.29, 0.717) is 17.5 Å². The molecular weight excluding hydrogens is 218 g/mol. The number of nitrogens with zero attached hydrogens (tertiary/aromatic N) is 1. The summed E-state index contributed by atoms with van der Waals surface area (Å²) in [6.07, 6.45) is 1.99. The number of nitrogens with one attached hydrogen (secondary N) is 1. The average Bonchev–Trinajstić information content (AvgIpc) is 2.36. The molecule has 0 aliphatic carbocycles. The van der Waals surface area contributed by atoms with Crippen molar-refractivity contribution in [1.82, 2.24) is 4.98 Å². The fourth-order valence-corrected chi connectivity index (χ4v) is 1.47. The average molecular weight is 239 g/mol. The lowest BCUT2D eigenvalue weighted by Crippen LogP contribution is -2.08. The first-order valence-electron chi connectivity index (χ1n) is 5.82. The van der Waals surface area contributed by atoms with Gasteiger partial charge in [-0.2, -0.15) is 4.98 Å². The highest BCUT2D eigenvalue weighted by Crippen LogP contribution is 2.20. The molecule has 0 radical (unpaired) electrons. The SMILES string of the molecule is COc1nc(NCCCC(C)CO)ccc1N. The van der Waals surface area contributed by atoms with Crippen molar-refractivity contribution in [3.05, 3.63) is 12.1 Å². The number of methoxy groups -OCH3 is 1. The third-order valence-electron chi connectivity index (χ3n) is 2.57. The topological polar surface area (TPSA) is 80.4 Å². The molecule has 0 bridgehead atoms. The quantitative estimate of drug-likeness (QED) is 0.628. The van der Waals surface area contributed by atoms with E-state index in [0.717, 1.165) is 25.2 Å². The Hall–Kier alpha value is -1.49. The molecule has 17 heavy (non-hydrogen) atoms. The Morgan fingerprint density at radius 1 is 1.53 bits per heavy atom. The first-order valence-corrected chi connectivity index (χ1v) is 5.82. The minimum atomic E-state index is 0.244. The molecule has 5 nitrogen and oxygen atoms in total. The molecule has 1 heterocycles. The van der Waals surface area contributed by atoms with Gasteiger partial charge in [0.15, 0.2) is 0 Å². The largest absolute Gasteiger partial charge is 0.479 e. The van der Waals surface area contributed by atoms with Gasteiger partial charge in [0.1, 0.15) is 5.82 Å². The lowest BCUT2D eigenvalue weighted by atomic mass is 10.1. The van der Waals surface area contributed by atoms with E-state index in [4.69, 9.17) is 15.6 Å². The Morgan fingerprint density at radius 3 is 2.94 bits per heavy atom. The van der Waals surface area contributed by atoms with Crippen LogP contribution in [0.25, 0.3) is 0 Å². The van der Waals surface area contributed by atoms with E-state index >= 15 is 0 Å². The van der Waals surface area contributed by atoms with Crippen molar-refractivity contribution in [2.75, 3.05) is 31.3 Å². The van der Waals surface area contributed by atoms with E-state index < -0.39 is 0 Å². The van der Waals surface area contributed by atoms with Crippen LogP contribution in [-0.4, -0.2) is 30.4 Å². The van der Waals surface area contributed by atoms with Crippen molar-refractivity contribution in [3.8, 4) is 5.88 Å². The molecule has 1 aromatic heterocycles. The van der Waals surface area contributed by atoms with Gasteiger partial charge < -0.3 is 20.9 Å². The van der Waals surface area contributed by atoms with E-state index in [-0.39, 0.29) is 6.61 Å². The highest BCUT2D eigenvalue weighted by molar-refractivity contribution is 5.53. The lowest BCUT2D eigenvalue weighted by molar-refractivity contribution is 0.229. The van der Waals surface area contributed by atoms with E-state index in [2.05, 4.69) is 10.3 Å². The standard InChI is InChI=1S/C12H21N3O2/c1-9(8-16)4-3-7-14-11-6-5-10(13)12(15-11)17-2/h5-6,9,16H,3-4,7-8,13H2,1-2H3,(H,14,15). The molecule has 0 aliphatic rings. The number of rotatable bonds is 7. The van der Waals surface area contributed by atoms with E-state index in [9.17, 15) is 0 Å². The zero-order valence-corrected chi connectivity index (χ0v) is 10.4. The van der Waals surface area contributed by atoms with Gasteiger partial charge in [-0.1, -0.05) is 6.92 Å². The predicted molar refractivity (Wildman–Crippen MR) is 69.2 cm³/mol. The second-order valence-electron chi connectivity index (χ2n) is 4.15. The van der Waals surface area contributed by atoms with Gasteiger partial charge in [-0.3, -0.25) is 0 Å². The number of aliphatic hydroxyl groups excluding tert-OH is 1. The van der Waals surface area contributed by atoms with Crippen LogP contribution < -0.4 is 15.8 Å². The Bertz CT molecular complexity index is 345. The van der Waals surface area contributed by atoms with Gasteiger partial charge in [0.25, 0.3) is 0 Å². The van der Waals surface area contributed by atoms with Gasteiger partial charge in [-0.05, 0) is 30.9 Å². The number of ether oxygens (including phenoxy) is 1.